The van der Waals surface area contributed by atoms with E-state index in [9.17, 15) is 0 Å². The van der Waals surface area contributed by atoms with Crippen molar-refractivity contribution in [3.63, 3.8) is 0 Å². The third kappa shape index (κ3) is 2.42. The fourth-order valence-electron chi connectivity index (χ4n) is 1.66. The molecule has 0 aliphatic carbocycles. The normalized spacial score (nSPS) is 10.4. The zero-order valence-electron chi connectivity index (χ0n) is 10.8. The third-order valence-electron chi connectivity index (χ3n) is 2.51. The molecule has 6 heteroatoms. The predicted molar refractivity (Wildman–Crippen MR) is 69.6 cm³/mol. The standard InChI is InChI=1S/C12H17N5O/c1-4-6-13-12-11(18-3)10(14-8-15-12)9-5-7-17(2)16-9/h5,7-8H,4,6H2,1-3H3,(H,13,14,15). The van der Waals surface area contributed by atoms with Crippen molar-refractivity contribution in [2.75, 3.05) is 19.0 Å². The molecule has 1 N–H and O–H groups in total. The Balaban J connectivity index is 2.41. The van der Waals surface area contributed by atoms with Crippen molar-refractivity contribution in [1.82, 2.24) is 19.7 Å². The van der Waals surface area contributed by atoms with Crippen LogP contribution in [0.2, 0.25) is 0 Å². The van der Waals surface area contributed by atoms with E-state index in [1.165, 1.54) is 6.33 Å². The van der Waals surface area contributed by atoms with Crippen LogP contribution in [0.15, 0.2) is 18.6 Å². The van der Waals surface area contributed by atoms with E-state index in [0.717, 1.165) is 18.7 Å². The monoisotopic (exact) mass is 247 g/mol. The first-order valence-electron chi connectivity index (χ1n) is 5.89. The van der Waals surface area contributed by atoms with E-state index in [-0.39, 0.29) is 0 Å². The van der Waals surface area contributed by atoms with Gasteiger partial charge in [-0.1, -0.05) is 6.92 Å². The molecule has 2 rings (SSSR count). The number of aryl methyl sites for hydroxylation is 1. The van der Waals surface area contributed by atoms with Crippen LogP contribution in [0, 0.1) is 0 Å². The number of nitrogens with one attached hydrogen (secondary N) is 1. The molecule has 0 fully saturated rings. The maximum Gasteiger partial charge on any atom is 0.189 e. The molecule has 18 heavy (non-hydrogen) atoms. The average Bonchev–Trinajstić information content (AvgIpc) is 2.82. The molecule has 0 amide bonds. The van der Waals surface area contributed by atoms with E-state index in [1.807, 2.05) is 19.3 Å². The van der Waals surface area contributed by atoms with Crippen LogP contribution in [0.25, 0.3) is 11.4 Å². The Kier molecular flexibility index (Phi) is 3.76. The lowest BCUT2D eigenvalue weighted by atomic mass is 10.2. The second kappa shape index (κ2) is 5.48. The predicted octanol–water partition coefficient (Wildman–Crippen LogP) is 1.71. The minimum Gasteiger partial charge on any atom is -0.491 e. The average molecular weight is 247 g/mol. The molecule has 6 nitrogen and oxygen atoms in total. The lowest BCUT2D eigenvalue weighted by Crippen LogP contribution is -2.06. The number of ether oxygens (including phenoxy) is 1. The molecule has 0 saturated heterocycles. The highest BCUT2D eigenvalue weighted by Crippen LogP contribution is 2.31. The Morgan fingerprint density at radius 1 is 1.39 bits per heavy atom. The quantitative estimate of drug-likeness (QED) is 0.871. The summed E-state index contributed by atoms with van der Waals surface area (Å²) >= 11 is 0. The summed E-state index contributed by atoms with van der Waals surface area (Å²) in [6.45, 7) is 2.94. The summed E-state index contributed by atoms with van der Waals surface area (Å²) in [4.78, 5) is 8.45. The van der Waals surface area contributed by atoms with Gasteiger partial charge in [-0.3, -0.25) is 4.68 Å². The molecule has 2 aromatic heterocycles. The Labute approximate surface area is 106 Å². The number of aromatic nitrogens is 4. The highest BCUT2D eigenvalue weighted by atomic mass is 16.5. The Morgan fingerprint density at radius 3 is 2.83 bits per heavy atom. The lowest BCUT2D eigenvalue weighted by molar-refractivity contribution is 0.414. The molecule has 0 unspecified atom stereocenters. The van der Waals surface area contributed by atoms with Crippen LogP contribution in [0.1, 0.15) is 13.3 Å². The maximum absolute atomic E-state index is 5.40. The first-order chi connectivity index (χ1) is 8.76. The van der Waals surface area contributed by atoms with Gasteiger partial charge in [0.1, 0.15) is 17.7 Å². The van der Waals surface area contributed by atoms with Crippen molar-refractivity contribution >= 4 is 5.82 Å². The first kappa shape index (κ1) is 12.3. The maximum atomic E-state index is 5.40. The summed E-state index contributed by atoms with van der Waals surface area (Å²) in [6.07, 6.45) is 4.41. The molecule has 0 aliphatic heterocycles. The lowest BCUT2D eigenvalue weighted by Gasteiger charge is -2.11. The highest BCUT2D eigenvalue weighted by Gasteiger charge is 2.15. The van der Waals surface area contributed by atoms with Gasteiger partial charge in [-0.05, 0) is 12.5 Å². The highest BCUT2D eigenvalue weighted by molar-refractivity contribution is 5.69. The van der Waals surface area contributed by atoms with Gasteiger partial charge in [-0.2, -0.15) is 5.10 Å². The minimum atomic E-state index is 0.629. The minimum absolute atomic E-state index is 0.629. The molecule has 2 heterocycles. The van der Waals surface area contributed by atoms with Crippen molar-refractivity contribution in [2.24, 2.45) is 7.05 Å². The van der Waals surface area contributed by atoms with Gasteiger partial charge in [-0.25, -0.2) is 9.97 Å². The van der Waals surface area contributed by atoms with Gasteiger partial charge in [0.2, 0.25) is 0 Å². The fourth-order valence-corrected chi connectivity index (χ4v) is 1.66. The zero-order valence-corrected chi connectivity index (χ0v) is 10.8. The Morgan fingerprint density at radius 2 is 2.22 bits per heavy atom. The van der Waals surface area contributed by atoms with Crippen LogP contribution < -0.4 is 10.1 Å². The van der Waals surface area contributed by atoms with Crippen LogP contribution in [0.4, 0.5) is 5.82 Å². The first-order valence-corrected chi connectivity index (χ1v) is 5.89. The smallest absolute Gasteiger partial charge is 0.189 e. The molecule has 0 spiro atoms. The van der Waals surface area contributed by atoms with E-state index in [1.54, 1.807) is 11.8 Å². The van der Waals surface area contributed by atoms with Crippen LogP contribution in [-0.2, 0) is 7.05 Å². The Bertz CT molecular complexity index is 523. The molecule has 2 aromatic rings. The molecular weight excluding hydrogens is 230 g/mol. The van der Waals surface area contributed by atoms with Crippen LogP contribution in [0.3, 0.4) is 0 Å². The summed E-state index contributed by atoms with van der Waals surface area (Å²) < 4.78 is 7.13. The van der Waals surface area contributed by atoms with Crippen LogP contribution in [0.5, 0.6) is 5.75 Å². The number of hydrogen-bond donors (Lipinski definition) is 1. The number of nitrogens with zero attached hydrogens (tertiary/aromatic N) is 4. The summed E-state index contributed by atoms with van der Waals surface area (Å²) in [6, 6.07) is 1.90. The van der Waals surface area contributed by atoms with Gasteiger partial charge in [-0.15, -0.1) is 0 Å². The number of rotatable bonds is 5. The number of anilines is 1. The summed E-state index contributed by atoms with van der Waals surface area (Å²) in [5, 5.41) is 7.55. The van der Waals surface area contributed by atoms with Crippen molar-refractivity contribution in [1.29, 1.82) is 0 Å². The second-order valence-corrected chi connectivity index (χ2v) is 3.91. The van der Waals surface area contributed by atoms with Gasteiger partial charge in [0, 0.05) is 19.8 Å². The van der Waals surface area contributed by atoms with Crippen molar-refractivity contribution in [3.05, 3.63) is 18.6 Å². The van der Waals surface area contributed by atoms with Crippen molar-refractivity contribution in [3.8, 4) is 17.1 Å². The molecule has 0 atom stereocenters. The third-order valence-corrected chi connectivity index (χ3v) is 2.51. The van der Waals surface area contributed by atoms with Crippen molar-refractivity contribution < 1.29 is 4.74 Å². The zero-order chi connectivity index (χ0) is 13.0. The van der Waals surface area contributed by atoms with Gasteiger partial charge < -0.3 is 10.1 Å². The van der Waals surface area contributed by atoms with Gasteiger partial charge in [0.25, 0.3) is 0 Å². The molecule has 0 saturated carbocycles. The van der Waals surface area contributed by atoms with Gasteiger partial charge in [0.05, 0.1) is 7.11 Å². The Hall–Kier alpha value is -2.11. The molecule has 0 radical (unpaired) electrons. The topological polar surface area (TPSA) is 64.9 Å². The van der Waals surface area contributed by atoms with E-state index in [4.69, 9.17) is 4.74 Å². The van der Waals surface area contributed by atoms with Gasteiger partial charge >= 0.3 is 0 Å². The summed E-state index contributed by atoms with van der Waals surface area (Å²) in [5.74, 6) is 1.33. The molecule has 0 aromatic carbocycles. The summed E-state index contributed by atoms with van der Waals surface area (Å²) in [5.41, 5.74) is 1.48. The van der Waals surface area contributed by atoms with E-state index >= 15 is 0 Å². The SMILES string of the molecule is CCCNc1ncnc(-c2ccn(C)n2)c1OC. The number of methoxy groups -OCH3 is 1. The molecule has 96 valence electrons. The summed E-state index contributed by atoms with van der Waals surface area (Å²) in [7, 11) is 3.48. The van der Waals surface area contributed by atoms with E-state index in [2.05, 4.69) is 27.3 Å². The van der Waals surface area contributed by atoms with Crippen LogP contribution >= 0.6 is 0 Å². The van der Waals surface area contributed by atoms with Gasteiger partial charge in [0.15, 0.2) is 11.6 Å². The number of hydrogen-bond acceptors (Lipinski definition) is 5. The van der Waals surface area contributed by atoms with E-state index < -0.39 is 0 Å². The second-order valence-electron chi connectivity index (χ2n) is 3.91. The fraction of sp³-hybridized carbons (Fsp3) is 0.417. The van der Waals surface area contributed by atoms with Crippen molar-refractivity contribution in [2.45, 2.75) is 13.3 Å². The molecular formula is C12H17N5O. The molecule has 0 aliphatic rings. The largest absolute Gasteiger partial charge is 0.491 e. The van der Waals surface area contributed by atoms with E-state index in [0.29, 0.717) is 17.3 Å². The molecule has 0 bridgehead atoms. The van der Waals surface area contributed by atoms with Crippen LogP contribution in [-0.4, -0.2) is 33.4 Å².